The van der Waals surface area contributed by atoms with Gasteiger partial charge in [-0.2, -0.15) is 13.2 Å². The molecule has 2 aromatic rings. The standard InChI is InChI=1S/C7H15N.C6H5Cl.C6H7F3N4/c8-6-7-4-2-1-3-5-7;7-6-4-2-1-3-5-6;7-6(8,9)5-11-4-3-10-1-2-13(4)12-5/h7H,1-6,8H2;1-5H;10H,1-3H2. The first-order valence-electron chi connectivity index (χ1n) is 9.52. The van der Waals surface area contributed by atoms with Crippen LogP contribution in [-0.2, 0) is 19.3 Å². The van der Waals surface area contributed by atoms with Crippen molar-refractivity contribution in [3.05, 3.63) is 47.0 Å². The number of fused-ring (bicyclic) bond motifs is 1. The topological polar surface area (TPSA) is 68.8 Å². The Kier molecular flexibility index (Phi) is 9.21. The lowest BCUT2D eigenvalue weighted by Crippen LogP contribution is -2.28. The van der Waals surface area contributed by atoms with Crippen LogP contribution in [-0.4, -0.2) is 27.9 Å². The predicted octanol–water partition coefficient (Wildman–Crippen LogP) is 4.27. The van der Waals surface area contributed by atoms with Gasteiger partial charge in [0.25, 0.3) is 5.82 Å². The predicted molar refractivity (Wildman–Crippen MR) is 104 cm³/mol. The first-order valence-corrected chi connectivity index (χ1v) is 9.90. The number of benzene rings is 1. The van der Waals surface area contributed by atoms with Gasteiger partial charge in [-0.1, -0.05) is 49.1 Å². The van der Waals surface area contributed by atoms with Gasteiger partial charge in [0, 0.05) is 11.6 Å². The first-order chi connectivity index (χ1) is 13.4. The Morgan fingerprint density at radius 1 is 1.14 bits per heavy atom. The zero-order chi connectivity index (χ0) is 20.4. The Morgan fingerprint density at radius 2 is 1.82 bits per heavy atom. The summed E-state index contributed by atoms with van der Waals surface area (Å²) in [6, 6.07) is 9.44. The van der Waals surface area contributed by atoms with Crippen molar-refractivity contribution < 1.29 is 13.2 Å². The number of hydrogen-bond donors (Lipinski definition) is 2. The molecule has 0 radical (unpaired) electrons. The van der Waals surface area contributed by atoms with Crippen molar-refractivity contribution in [1.29, 1.82) is 0 Å². The summed E-state index contributed by atoms with van der Waals surface area (Å²) >= 11 is 5.54. The fourth-order valence-electron chi connectivity index (χ4n) is 3.03. The molecule has 1 aliphatic heterocycles. The van der Waals surface area contributed by atoms with Gasteiger partial charge in [0.05, 0.1) is 13.1 Å². The van der Waals surface area contributed by atoms with E-state index in [9.17, 15) is 13.2 Å². The second-order valence-electron chi connectivity index (χ2n) is 6.78. The van der Waals surface area contributed by atoms with Crippen LogP contribution in [0.3, 0.4) is 0 Å². The third kappa shape index (κ3) is 7.77. The van der Waals surface area contributed by atoms with E-state index in [0.717, 1.165) is 17.5 Å². The van der Waals surface area contributed by atoms with E-state index in [4.69, 9.17) is 17.3 Å². The maximum absolute atomic E-state index is 12.1. The van der Waals surface area contributed by atoms with Gasteiger partial charge in [0.1, 0.15) is 5.82 Å². The maximum atomic E-state index is 12.1. The van der Waals surface area contributed by atoms with E-state index in [1.807, 2.05) is 30.3 Å². The molecule has 9 heteroatoms. The largest absolute Gasteiger partial charge is 0.453 e. The minimum atomic E-state index is -4.44. The van der Waals surface area contributed by atoms with Gasteiger partial charge in [-0.25, -0.2) is 9.67 Å². The highest BCUT2D eigenvalue weighted by atomic mass is 35.5. The lowest BCUT2D eigenvalue weighted by atomic mass is 9.90. The van der Waals surface area contributed by atoms with Crippen LogP contribution >= 0.6 is 11.6 Å². The molecule has 2 heterocycles. The van der Waals surface area contributed by atoms with Gasteiger partial charge in [-0.05, 0) is 37.4 Å². The molecule has 1 aromatic carbocycles. The van der Waals surface area contributed by atoms with Gasteiger partial charge in [0.15, 0.2) is 0 Å². The average Bonchev–Trinajstić information content (AvgIpc) is 3.15. The Bertz CT molecular complexity index is 661. The lowest BCUT2D eigenvalue weighted by Gasteiger charge is -2.18. The van der Waals surface area contributed by atoms with E-state index in [2.05, 4.69) is 15.4 Å². The molecular formula is C19H27ClF3N5. The number of alkyl halides is 3. The molecule has 0 saturated heterocycles. The lowest BCUT2D eigenvalue weighted by molar-refractivity contribution is -0.145. The number of halogens is 4. The monoisotopic (exact) mass is 417 g/mol. The van der Waals surface area contributed by atoms with Crippen LogP contribution < -0.4 is 11.1 Å². The van der Waals surface area contributed by atoms with E-state index in [0.29, 0.717) is 25.5 Å². The fourth-order valence-corrected chi connectivity index (χ4v) is 3.17. The molecule has 3 N–H and O–H groups in total. The third-order valence-corrected chi connectivity index (χ3v) is 4.83. The van der Waals surface area contributed by atoms with Crippen molar-refractivity contribution in [2.75, 3.05) is 13.1 Å². The van der Waals surface area contributed by atoms with Crippen molar-refractivity contribution in [3.63, 3.8) is 0 Å². The summed E-state index contributed by atoms with van der Waals surface area (Å²) < 4.78 is 37.6. The van der Waals surface area contributed by atoms with Gasteiger partial charge < -0.3 is 11.1 Å². The molecule has 2 aliphatic rings. The molecule has 0 spiro atoms. The van der Waals surface area contributed by atoms with Crippen molar-refractivity contribution in [1.82, 2.24) is 20.1 Å². The summed E-state index contributed by atoms with van der Waals surface area (Å²) in [6.07, 6.45) is 2.61. The number of nitrogens with one attached hydrogen (secondary N) is 1. The Balaban J connectivity index is 0.000000161. The van der Waals surface area contributed by atoms with Crippen molar-refractivity contribution in [2.24, 2.45) is 11.7 Å². The van der Waals surface area contributed by atoms with Crippen molar-refractivity contribution >= 4 is 11.6 Å². The van der Waals surface area contributed by atoms with Gasteiger partial charge >= 0.3 is 6.18 Å². The highest BCUT2D eigenvalue weighted by Crippen LogP contribution is 2.26. The van der Waals surface area contributed by atoms with E-state index in [1.54, 1.807) is 0 Å². The number of nitrogens with zero attached hydrogens (tertiary/aromatic N) is 3. The summed E-state index contributed by atoms with van der Waals surface area (Å²) in [5.74, 6) is 0.161. The van der Waals surface area contributed by atoms with Crippen molar-refractivity contribution in [2.45, 2.75) is 51.4 Å². The smallest absolute Gasteiger partial charge is 0.330 e. The number of hydrogen-bond acceptors (Lipinski definition) is 4. The molecule has 1 aliphatic carbocycles. The van der Waals surface area contributed by atoms with E-state index < -0.39 is 12.0 Å². The molecule has 28 heavy (non-hydrogen) atoms. The van der Waals surface area contributed by atoms with E-state index >= 15 is 0 Å². The first kappa shape index (κ1) is 22.6. The van der Waals surface area contributed by atoms with Crippen LogP contribution in [0, 0.1) is 5.92 Å². The zero-order valence-corrected chi connectivity index (χ0v) is 16.5. The second kappa shape index (κ2) is 11.4. The summed E-state index contributed by atoms with van der Waals surface area (Å²) in [6.45, 7) is 2.34. The molecule has 156 valence electrons. The molecule has 1 fully saturated rings. The third-order valence-electron chi connectivity index (χ3n) is 4.58. The van der Waals surface area contributed by atoms with E-state index in [-0.39, 0.29) is 0 Å². The van der Waals surface area contributed by atoms with Gasteiger partial charge in [0.2, 0.25) is 0 Å². The molecule has 0 atom stereocenters. The number of nitrogens with two attached hydrogens (primary N) is 1. The number of rotatable bonds is 1. The summed E-state index contributed by atoms with van der Waals surface area (Å²) in [4.78, 5) is 3.39. The molecule has 0 bridgehead atoms. The minimum absolute atomic E-state index is 0.346. The Morgan fingerprint density at radius 3 is 2.29 bits per heavy atom. The maximum Gasteiger partial charge on any atom is 0.453 e. The molecule has 1 saturated carbocycles. The zero-order valence-electron chi connectivity index (χ0n) is 15.8. The van der Waals surface area contributed by atoms with Crippen LogP contribution in [0.4, 0.5) is 13.2 Å². The summed E-state index contributed by atoms with van der Waals surface area (Å²) in [7, 11) is 0. The average molecular weight is 418 g/mol. The summed E-state index contributed by atoms with van der Waals surface area (Å²) in [5.41, 5.74) is 5.50. The number of aromatic nitrogens is 3. The minimum Gasteiger partial charge on any atom is -0.330 e. The molecule has 0 unspecified atom stereocenters. The molecule has 0 amide bonds. The molecule has 5 nitrogen and oxygen atoms in total. The highest BCUT2D eigenvalue weighted by Gasteiger charge is 2.37. The summed E-state index contributed by atoms with van der Waals surface area (Å²) in [5, 5.41) is 7.07. The van der Waals surface area contributed by atoms with Crippen molar-refractivity contribution in [3.8, 4) is 0 Å². The second-order valence-corrected chi connectivity index (χ2v) is 7.22. The SMILES string of the molecule is Clc1ccccc1.FC(F)(F)c1nc2n(n1)CCNC2.NCC1CCCCC1. The van der Waals surface area contributed by atoms with Crippen LogP contribution in [0.15, 0.2) is 30.3 Å². The van der Waals surface area contributed by atoms with Crippen LogP contribution in [0.5, 0.6) is 0 Å². The molecule has 1 aromatic heterocycles. The van der Waals surface area contributed by atoms with Crippen LogP contribution in [0.25, 0.3) is 0 Å². The van der Waals surface area contributed by atoms with Crippen LogP contribution in [0.2, 0.25) is 5.02 Å². The van der Waals surface area contributed by atoms with Gasteiger partial charge in [-0.3, -0.25) is 0 Å². The molecule has 4 rings (SSSR count). The molecular weight excluding hydrogens is 391 g/mol. The van der Waals surface area contributed by atoms with Gasteiger partial charge in [-0.15, -0.1) is 5.10 Å². The Labute approximate surface area is 168 Å². The van der Waals surface area contributed by atoms with E-state index in [1.165, 1.54) is 36.8 Å². The fraction of sp³-hybridized carbons (Fsp3) is 0.579. The quantitative estimate of drug-likeness (QED) is 0.727. The highest BCUT2D eigenvalue weighted by molar-refractivity contribution is 6.30. The Hall–Kier alpha value is -1.64. The normalized spacial score (nSPS) is 16.9. The van der Waals surface area contributed by atoms with Crippen LogP contribution in [0.1, 0.15) is 43.8 Å².